The van der Waals surface area contributed by atoms with Crippen LogP contribution < -0.4 is 5.32 Å². The predicted molar refractivity (Wildman–Crippen MR) is 140 cm³/mol. The van der Waals surface area contributed by atoms with Crippen LogP contribution in [0.4, 0.5) is 0 Å². The summed E-state index contributed by atoms with van der Waals surface area (Å²) in [6, 6.07) is 28.3. The third-order valence-corrected chi connectivity index (χ3v) is 5.74. The third kappa shape index (κ3) is 6.01. The van der Waals surface area contributed by atoms with E-state index in [2.05, 4.69) is 27.5 Å². The molecule has 5 rings (SSSR count). The smallest absolute Gasteiger partial charge is 0.244 e. The number of nitrogens with zero attached hydrogens (tertiary/aromatic N) is 5. The molecule has 0 fully saturated rings. The monoisotopic (exact) mass is 474 g/mol. The van der Waals surface area contributed by atoms with Gasteiger partial charge in [-0.15, -0.1) is 0 Å². The van der Waals surface area contributed by atoms with Gasteiger partial charge in [0.1, 0.15) is 12.7 Å². The molecule has 2 heterocycles. The molecule has 2 aromatic heterocycles. The maximum atomic E-state index is 12.6. The van der Waals surface area contributed by atoms with E-state index in [9.17, 15) is 4.79 Å². The van der Waals surface area contributed by atoms with Crippen LogP contribution in [0, 0.1) is 0 Å². The van der Waals surface area contributed by atoms with Crippen LogP contribution in [0.2, 0.25) is 0 Å². The van der Waals surface area contributed by atoms with Gasteiger partial charge in [-0.05, 0) is 22.8 Å². The number of benzene rings is 3. The van der Waals surface area contributed by atoms with Gasteiger partial charge in [0, 0.05) is 29.9 Å². The molecule has 0 spiro atoms. The number of rotatable bonds is 9. The molecule has 0 unspecified atom stereocenters. The zero-order valence-electron chi connectivity index (χ0n) is 19.7. The highest BCUT2D eigenvalue weighted by atomic mass is 16.1. The van der Waals surface area contributed by atoms with E-state index < -0.39 is 0 Å². The van der Waals surface area contributed by atoms with E-state index in [0.717, 1.165) is 27.9 Å². The van der Waals surface area contributed by atoms with Crippen molar-refractivity contribution in [2.45, 2.75) is 19.6 Å². The highest BCUT2D eigenvalue weighted by molar-refractivity contribution is 5.92. The van der Waals surface area contributed by atoms with Gasteiger partial charge in [-0.3, -0.25) is 9.48 Å². The van der Waals surface area contributed by atoms with Crippen LogP contribution in [0.1, 0.15) is 22.3 Å². The molecule has 7 nitrogen and oxygen atoms in total. The number of hydrogen-bond acceptors (Lipinski definition) is 4. The minimum absolute atomic E-state index is 0.156. The Balaban J connectivity index is 1.24. The molecule has 0 atom stereocenters. The summed E-state index contributed by atoms with van der Waals surface area (Å²) in [5, 5.41) is 11.9. The summed E-state index contributed by atoms with van der Waals surface area (Å²) in [7, 11) is 0. The lowest BCUT2D eigenvalue weighted by Gasteiger charge is -2.05. The lowest BCUT2D eigenvalue weighted by atomic mass is 10.1. The molecule has 0 aliphatic carbocycles. The van der Waals surface area contributed by atoms with Crippen molar-refractivity contribution in [1.82, 2.24) is 29.9 Å². The molecule has 0 aliphatic heterocycles. The minimum Gasteiger partial charge on any atom is -0.348 e. The Morgan fingerprint density at radius 1 is 0.806 bits per heavy atom. The van der Waals surface area contributed by atoms with Crippen LogP contribution >= 0.6 is 0 Å². The number of carbonyl (C=O) groups is 1. The SMILES string of the molecule is O=C(/C=C/c1cn(Cc2ccccc2)nc1-c1ccccc1)NCc1ccc(Cn2cncn2)cc1. The van der Waals surface area contributed by atoms with Crippen molar-refractivity contribution in [3.05, 3.63) is 132 Å². The van der Waals surface area contributed by atoms with Gasteiger partial charge in [-0.1, -0.05) is 84.9 Å². The summed E-state index contributed by atoms with van der Waals surface area (Å²) < 4.78 is 3.68. The van der Waals surface area contributed by atoms with E-state index in [1.165, 1.54) is 11.9 Å². The van der Waals surface area contributed by atoms with Crippen molar-refractivity contribution in [1.29, 1.82) is 0 Å². The first-order chi connectivity index (χ1) is 17.7. The number of nitrogens with one attached hydrogen (secondary N) is 1. The van der Waals surface area contributed by atoms with Crippen LogP contribution in [-0.2, 0) is 24.4 Å². The van der Waals surface area contributed by atoms with Crippen molar-refractivity contribution < 1.29 is 4.79 Å². The van der Waals surface area contributed by atoms with Crippen molar-refractivity contribution in [3.63, 3.8) is 0 Å². The average Bonchev–Trinajstić information content (AvgIpc) is 3.58. The molecule has 0 radical (unpaired) electrons. The standard InChI is InChI=1S/C29H26N6O/c36-28(31-17-23-11-13-25(14-12-23)19-35-22-30-21-32-35)16-15-27-20-34(18-24-7-3-1-4-8-24)33-29(27)26-9-5-2-6-10-26/h1-16,20-22H,17-19H2,(H,31,36)/b16-15+. The maximum absolute atomic E-state index is 12.6. The molecular weight excluding hydrogens is 448 g/mol. The number of carbonyl (C=O) groups excluding carboxylic acids is 1. The Morgan fingerprint density at radius 2 is 1.47 bits per heavy atom. The fourth-order valence-electron chi connectivity index (χ4n) is 3.91. The van der Waals surface area contributed by atoms with Crippen molar-refractivity contribution in [3.8, 4) is 11.3 Å². The van der Waals surface area contributed by atoms with Gasteiger partial charge >= 0.3 is 0 Å². The Labute approximate surface area is 209 Å². The Bertz CT molecular complexity index is 1420. The zero-order chi connectivity index (χ0) is 24.6. The van der Waals surface area contributed by atoms with Gasteiger partial charge in [0.15, 0.2) is 0 Å². The topological polar surface area (TPSA) is 77.6 Å². The van der Waals surface area contributed by atoms with Crippen LogP contribution in [0.3, 0.4) is 0 Å². The molecule has 1 N–H and O–H groups in total. The van der Waals surface area contributed by atoms with Crippen molar-refractivity contribution in [2.24, 2.45) is 0 Å². The van der Waals surface area contributed by atoms with Crippen LogP contribution in [0.15, 0.2) is 110 Å². The molecular formula is C29H26N6O. The third-order valence-electron chi connectivity index (χ3n) is 5.74. The summed E-state index contributed by atoms with van der Waals surface area (Å²) in [5.41, 5.74) is 6.06. The molecule has 3 aromatic carbocycles. The van der Waals surface area contributed by atoms with E-state index >= 15 is 0 Å². The van der Waals surface area contributed by atoms with Crippen molar-refractivity contribution >= 4 is 12.0 Å². The largest absolute Gasteiger partial charge is 0.348 e. The highest BCUT2D eigenvalue weighted by Crippen LogP contribution is 2.23. The summed E-state index contributed by atoms with van der Waals surface area (Å²) in [6.45, 7) is 1.77. The molecule has 0 saturated carbocycles. The minimum atomic E-state index is -0.156. The molecule has 5 aromatic rings. The molecule has 0 bridgehead atoms. The number of aromatic nitrogens is 5. The molecule has 178 valence electrons. The second-order valence-electron chi connectivity index (χ2n) is 8.44. The van der Waals surface area contributed by atoms with E-state index in [1.807, 2.05) is 89.8 Å². The van der Waals surface area contributed by atoms with Gasteiger partial charge in [-0.2, -0.15) is 10.2 Å². The van der Waals surface area contributed by atoms with Gasteiger partial charge in [0.2, 0.25) is 5.91 Å². The molecule has 7 heteroatoms. The van der Waals surface area contributed by atoms with E-state index in [1.54, 1.807) is 17.1 Å². The van der Waals surface area contributed by atoms with E-state index in [-0.39, 0.29) is 5.91 Å². The fraction of sp³-hybridized carbons (Fsp3) is 0.103. The zero-order valence-corrected chi connectivity index (χ0v) is 19.7. The first kappa shape index (κ1) is 23.0. The molecule has 0 saturated heterocycles. The average molecular weight is 475 g/mol. The van der Waals surface area contributed by atoms with Crippen molar-refractivity contribution in [2.75, 3.05) is 0 Å². The van der Waals surface area contributed by atoms with Crippen LogP contribution in [0.5, 0.6) is 0 Å². The maximum Gasteiger partial charge on any atom is 0.244 e. The Hall–Kier alpha value is -4.78. The van der Waals surface area contributed by atoms with Gasteiger partial charge < -0.3 is 5.32 Å². The molecule has 1 amide bonds. The quantitative estimate of drug-likeness (QED) is 0.318. The predicted octanol–water partition coefficient (Wildman–Crippen LogP) is 4.57. The molecule has 36 heavy (non-hydrogen) atoms. The van der Waals surface area contributed by atoms with E-state index in [4.69, 9.17) is 5.10 Å². The van der Waals surface area contributed by atoms with E-state index in [0.29, 0.717) is 19.6 Å². The first-order valence-corrected chi connectivity index (χ1v) is 11.8. The van der Waals surface area contributed by atoms with Crippen LogP contribution in [0.25, 0.3) is 17.3 Å². The van der Waals surface area contributed by atoms with Gasteiger partial charge in [0.25, 0.3) is 0 Å². The second kappa shape index (κ2) is 11.1. The lowest BCUT2D eigenvalue weighted by molar-refractivity contribution is -0.116. The normalized spacial score (nSPS) is 11.1. The van der Waals surface area contributed by atoms with Gasteiger partial charge in [0.05, 0.1) is 18.8 Å². The first-order valence-electron chi connectivity index (χ1n) is 11.8. The Kier molecular flexibility index (Phi) is 7.09. The summed E-state index contributed by atoms with van der Waals surface area (Å²) in [6.07, 6.45) is 8.58. The number of amides is 1. The lowest BCUT2D eigenvalue weighted by Crippen LogP contribution is -2.20. The summed E-state index contributed by atoms with van der Waals surface area (Å²) in [5.74, 6) is -0.156. The Morgan fingerprint density at radius 3 is 2.19 bits per heavy atom. The second-order valence-corrected chi connectivity index (χ2v) is 8.44. The number of hydrogen-bond donors (Lipinski definition) is 1. The van der Waals surface area contributed by atoms with Gasteiger partial charge in [-0.25, -0.2) is 9.67 Å². The highest BCUT2D eigenvalue weighted by Gasteiger charge is 2.10. The molecule has 0 aliphatic rings. The van der Waals surface area contributed by atoms with Crippen LogP contribution in [-0.4, -0.2) is 30.5 Å². The fourth-order valence-corrected chi connectivity index (χ4v) is 3.91. The summed E-state index contributed by atoms with van der Waals surface area (Å²) >= 11 is 0. The summed E-state index contributed by atoms with van der Waals surface area (Å²) in [4.78, 5) is 16.5.